The maximum absolute atomic E-state index is 13.0. The number of aromatic nitrogens is 3. The first-order valence-corrected chi connectivity index (χ1v) is 9.06. The van der Waals surface area contributed by atoms with Crippen molar-refractivity contribution in [1.82, 2.24) is 14.8 Å². The van der Waals surface area contributed by atoms with Crippen molar-refractivity contribution >= 4 is 35.2 Å². The molecule has 1 aromatic heterocycles. The van der Waals surface area contributed by atoms with Gasteiger partial charge in [-0.3, -0.25) is 4.79 Å². The highest BCUT2D eigenvalue weighted by atomic mass is 35.5. The van der Waals surface area contributed by atoms with Crippen molar-refractivity contribution in [2.45, 2.75) is 6.18 Å². The molecule has 0 spiro atoms. The fraction of sp³-hybridized carbons (Fsp3) is 0.100. The largest absolute Gasteiger partial charge is 0.452 e. The molecule has 11 heteroatoms. The number of carbonyl (C=O) groups excluding carboxylic acids is 2. The Labute approximate surface area is 179 Å². The maximum Gasteiger partial charge on any atom is 0.416 e. The van der Waals surface area contributed by atoms with Crippen LogP contribution in [0, 0.1) is 0 Å². The Balaban J connectivity index is 1.66. The number of esters is 1. The van der Waals surface area contributed by atoms with Gasteiger partial charge >= 0.3 is 12.1 Å². The van der Waals surface area contributed by atoms with Crippen LogP contribution >= 0.6 is 11.6 Å². The van der Waals surface area contributed by atoms with Gasteiger partial charge in [0.2, 0.25) is 0 Å². The summed E-state index contributed by atoms with van der Waals surface area (Å²) in [6.45, 7) is -0.698. The molecule has 0 saturated carbocycles. The van der Waals surface area contributed by atoms with Crippen molar-refractivity contribution in [3.63, 3.8) is 0 Å². The molecule has 0 unspecified atom stereocenters. The van der Waals surface area contributed by atoms with Gasteiger partial charge in [-0.15, -0.1) is 0 Å². The minimum absolute atomic E-state index is 0.160. The molecule has 0 atom stereocenters. The van der Waals surface area contributed by atoms with Crippen LogP contribution in [-0.4, -0.2) is 33.2 Å². The smallest absolute Gasteiger partial charge is 0.416 e. The van der Waals surface area contributed by atoms with Gasteiger partial charge in [0.15, 0.2) is 6.61 Å². The van der Waals surface area contributed by atoms with Crippen LogP contribution in [0.15, 0.2) is 61.2 Å². The minimum Gasteiger partial charge on any atom is -0.452 e. The van der Waals surface area contributed by atoms with Crippen molar-refractivity contribution in [2.75, 3.05) is 11.9 Å². The standard InChI is InChI=1S/C20H14ClF3N4O3/c21-15-5-1-13(2-6-15)3-8-19(30)31-10-18(29)27-16-9-14(20(22,23)24)4-7-17(16)28-12-25-11-26-28/h1-9,11-12H,10H2,(H,27,29)/b8-3+. The van der Waals surface area contributed by atoms with E-state index in [0.717, 1.165) is 24.3 Å². The Bertz CT molecular complexity index is 1100. The summed E-state index contributed by atoms with van der Waals surface area (Å²) >= 11 is 5.77. The number of carbonyl (C=O) groups is 2. The molecule has 3 rings (SSSR count). The lowest BCUT2D eigenvalue weighted by Gasteiger charge is -2.14. The fourth-order valence-electron chi connectivity index (χ4n) is 2.45. The molecule has 0 aliphatic carbocycles. The topological polar surface area (TPSA) is 86.1 Å². The van der Waals surface area contributed by atoms with Crippen molar-refractivity contribution in [2.24, 2.45) is 0 Å². The first kappa shape index (κ1) is 22.0. The summed E-state index contributed by atoms with van der Waals surface area (Å²) in [4.78, 5) is 27.7. The van der Waals surface area contributed by atoms with Crippen LogP contribution < -0.4 is 5.32 Å². The second kappa shape index (κ2) is 9.43. The third-order valence-electron chi connectivity index (χ3n) is 3.89. The monoisotopic (exact) mass is 450 g/mol. The minimum atomic E-state index is -4.61. The number of amides is 1. The van der Waals surface area contributed by atoms with Gasteiger partial charge in [-0.2, -0.15) is 18.3 Å². The number of hydrogen-bond acceptors (Lipinski definition) is 5. The average Bonchev–Trinajstić information content (AvgIpc) is 3.26. The summed E-state index contributed by atoms with van der Waals surface area (Å²) in [5, 5.41) is 6.69. The third kappa shape index (κ3) is 6.16. The summed E-state index contributed by atoms with van der Waals surface area (Å²) < 4.78 is 45.2. The van der Waals surface area contributed by atoms with Crippen LogP contribution in [0.5, 0.6) is 0 Å². The Morgan fingerprint density at radius 2 is 1.90 bits per heavy atom. The number of nitrogens with zero attached hydrogens (tertiary/aromatic N) is 3. The maximum atomic E-state index is 13.0. The second-order valence-electron chi connectivity index (χ2n) is 6.11. The zero-order chi connectivity index (χ0) is 22.4. The predicted molar refractivity (Wildman–Crippen MR) is 106 cm³/mol. The molecule has 0 saturated heterocycles. The second-order valence-corrected chi connectivity index (χ2v) is 6.55. The molecule has 31 heavy (non-hydrogen) atoms. The average molecular weight is 451 g/mol. The first-order chi connectivity index (χ1) is 14.7. The van der Waals surface area contributed by atoms with E-state index in [4.69, 9.17) is 16.3 Å². The Kier molecular flexibility index (Phi) is 6.71. The number of alkyl halides is 3. The molecule has 0 bridgehead atoms. The molecular weight excluding hydrogens is 437 g/mol. The van der Waals surface area contributed by atoms with E-state index in [2.05, 4.69) is 15.4 Å². The number of nitrogens with one attached hydrogen (secondary N) is 1. The number of halogens is 4. The van der Waals surface area contributed by atoms with Crippen LogP contribution in [-0.2, 0) is 20.5 Å². The zero-order valence-electron chi connectivity index (χ0n) is 15.6. The normalized spacial score (nSPS) is 11.5. The number of anilines is 1. The molecule has 0 aliphatic rings. The van der Waals surface area contributed by atoms with Gasteiger partial charge < -0.3 is 10.1 Å². The van der Waals surface area contributed by atoms with Crippen molar-refractivity contribution in [3.05, 3.63) is 77.3 Å². The van der Waals surface area contributed by atoms with E-state index in [1.165, 1.54) is 23.4 Å². The molecule has 0 fully saturated rings. The zero-order valence-corrected chi connectivity index (χ0v) is 16.4. The number of rotatable bonds is 6. The van der Waals surface area contributed by atoms with E-state index in [-0.39, 0.29) is 11.4 Å². The highest BCUT2D eigenvalue weighted by Crippen LogP contribution is 2.33. The molecular formula is C20H14ClF3N4O3. The van der Waals surface area contributed by atoms with E-state index in [1.54, 1.807) is 24.3 Å². The van der Waals surface area contributed by atoms with Gasteiger partial charge in [0.05, 0.1) is 16.9 Å². The van der Waals surface area contributed by atoms with Gasteiger partial charge in [0.1, 0.15) is 12.7 Å². The summed E-state index contributed by atoms with van der Waals surface area (Å²) in [6, 6.07) is 9.40. The lowest BCUT2D eigenvalue weighted by Crippen LogP contribution is -2.21. The van der Waals surface area contributed by atoms with Gasteiger partial charge in [-0.1, -0.05) is 23.7 Å². The van der Waals surface area contributed by atoms with Crippen LogP contribution in [0.2, 0.25) is 5.02 Å². The molecule has 1 amide bonds. The molecule has 0 radical (unpaired) electrons. The summed E-state index contributed by atoms with van der Waals surface area (Å²) in [6.07, 6.45) is 0.422. The predicted octanol–water partition coefficient (Wildman–Crippen LogP) is 4.13. The Morgan fingerprint density at radius 1 is 1.16 bits per heavy atom. The van der Waals surface area contributed by atoms with E-state index in [1.807, 2.05) is 0 Å². The summed E-state index contributed by atoms with van der Waals surface area (Å²) in [5.41, 5.74) is -0.285. The van der Waals surface area contributed by atoms with Crippen LogP contribution in [0.1, 0.15) is 11.1 Å². The molecule has 3 aromatic rings. The highest BCUT2D eigenvalue weighted by Gasteiger charge is 2.31. The molecule has 1 heterocycles. The molecule has 160 valence electrons. The number of ether oxygens (including phenoxy) is 1. The van der Waals surface area contributed by atoms with Crippen molar-refractivity contribution < 1.29 is 27.5 Å². The lowest BCUT2D eigenvalue weighted by molar-refractivity contribution is -0.142. The van der Waals surface area contributed by atoms with Gasteiger partial charge in [-0.25, -0.2) is 14.5 Å². The Hall–Kier alpha value is -3.66. The molecule has 1 N–H and O–H groups in total. The SMILES string of the molecule is O=C(COC(=O)/C=C/c1ccc(Cl)cc1)Nc1cc(C(F)(F)F)ccc1-n1cncn1. The lowest BCUT2D eigenvalue weighted by atomic mass is 10.1. The van der Waals surface area contributed by atoms with Crippen LogP contribution in [0.4, 0.5) is 18.9 Å². The molecule has 0 aliphatic heterocycles. The van der Waals surface area contributed by atoms with E-state index < -0.39 is 30.2 Å². The number of hydrogen-bond donors (Lipinski definition) is 1. The van der Waals surface area contributed by atoms with Gasteiger partial charge in [0, 0.05) is 11.1 Å². The quantitative estimate of drug-likeness (QED) is 0.450. The van der Waals surface area contributed by atoms with Crippen molar-refractivity contribution in [1.29, 1.82) is 0 Å². The number of benzene rings is 2. The van der Waals surface area contributed by atoms with E-state index in [9.17, 15) is 22.8 Å². The summed E-state index contributed by atoms with van der Waals surface area (Å²) in [7, 11) is 0. The van der Waals surface area contributed by atoms with Crippen molar-refractivity contribution in [3.8, 4) is 5.69 Å². The van der Waals surface area contributed by atoms with Crippen LogP contribution in [0.25, 0.3) is 11.8 Å². The third-order valence-corrected chi connectivity index (χ3v) is 4.14. The van der Waals surface area contributed by atoms with Gasteiger partial charge in [0.25, 0.3) is 5.91 Å². The molecule has 7 nitrogen and oxygen atoms in total. The Morgan fingerprint density at radius 3 is 2.55 bits per heavy atom. The fourth-order valence-corrected chi connectivity index (χ4v) is 2.58. The van der Waals surface area contributed by atoms with E-state index >= 15 is 0 Å². The molecule has 2 aromatic carbocycles. The highest BCUT2D eigenvalue weighted by molar-refractivity contribution is 6.30. The van der Waals surface area contributed by atoms with E-state index in [0.29, 0.717) is 10.6 Å². The van der Waals surface area contributed by atoms with Gasteiger partial charge in [-0.05, 0) is 42.0 Å². The first-order valence-electron chi connectivity index (χ1n) is 8.69. The van der Waals surface area contributed by atoms with Crippen LogP contribution in [0.3, 0.4) is 0 Å². The summed E-state index contributed by atoms with van der Waals surface area (Å²) in [5.74, 6) is -1.63.